The highest BCUT2D eigenvalue weighted by Gasteiger charge is 2.23. The molecule has 1 aliphatic carbocycles. The zero-order valence-electron chi connectivity index (χ0n) is 11.4. The molecule has 0 N–H and O–H groups in total. The molecule has 3 heteroatoms. The van der Waals surface area contributed by atoms with Gasteiger partial charge in [-0.25, -0.2) is 0 Å². The van der Waals surface area contributed by atoms with Gasteiger partial charge in [-0.15, -0.1) is 0 Å². The van der Waals surface area contributed by atoms with Crippen molar-refractivity contribution >= 4 is 5.78 Å². The fourth-order valence-electron chi connectivity index (χ4n) is 2.18. The molecule has 0 spiro atoms. The van der Waals surface area contributed by atoms with Crippen molar-refractivity contribution in [2.24, 2.45) is 0 Å². The summed E-state index contributed by atoms with van der Waals surface area (Å²) in [5.41, 5.74) is 0.742. The smallest absolute Gasteiger partial charge is 0.162 e. The minimum Gasteiger partial charge on any atom is -0.458 e. The third-order valence-corrected chi connectivity index (χ3v) is 3.47. The van der Waals surface area contributed by atoms with Gasteiger partial charge in [-0.3, -0.25) is 4.79 Å². The molecular weight excluding hydrogens is 252 g/mol. The van der Waals surface area contributed by atoms with Crippen molar-refractivity contribution in [3.8, 4) is 5.75 Å². The van der Waals surface area contributed by atoms with Crippen LogP contribution in [0.2, 0.25) is 0 Å². The van der Waals surface area contributed by atoms with Crippen LogP contribution in [0.5, 0.6) is 5.75 Å². The molecule has 0 aromatic heterocycles. The van der Waals surface area contributed by atoms with Crippen LogP contribution in [-0.4, -0.2) is 18.5 Å². The van der Waals surface area contributed by atoms with Crippen LogP contribution >= 0.6 is 0 Å². The van der Waals surface area contributed by atoms with E-state index < -0.39 is 0 Å². The molecule has 0 amide bonds. The summed E-state index contributed by atoms with van der Waals surface area (Å²) in [6.45, 7) is 0.808. The predicted molar refractivity (Wildman–Crippen MR) is 76.8 cm³/mol. The van der Waals surface area contributed by atoms with Crippen molar-refractivity contribution in [3.63, 3.8) is 0 Å². The Bertz CT molecular complexity index is 536. The largest absolute Gasteiger partial charge is 0.458 e. The second-order valence-electron chi connectivity index (χ2n) is 5.13. The molecule has 0 saturated carbocycles. The van der Waals surface area contributed by atoms with Crippen LogP contribution < -0.4 is 4.74 Å². The Hall–Kier alpha value is -1.87. The molecule has 3 rings (SSSR count). The number of allylic oxidation sites excluding steroid dienone is 3. The summed E-state index contributed by atoms with van der Waals surface area (Å²) in [4.78, 5) is 12.0. The summed E-state index contributed by atoms with van der Waals surface area (Å²) in [5, 5.41) is 0. The molecule has 0 radical (unpaired) electrons. The minimum absolute atomic E-state index is 0.170. The van der Waals surface area contributed by atoms with Gasteiger partial charge in [0.15, 0.2) is 5.78 Å². The van der Waals surface area contributed by atoms with Crippen LogP contribution in [0.4, 0.5) is 0 Å². The highest BCUT2D eigenvalue weighted by atomic mass is 16.6. The van der Waals surface area contributed by atoms with E-state index >= 15 is 0 Å². The first kappa shape index (κ1) is 13.1. The van der Waals surface area contributed by atoms with Gasteiger partial charge in [0.2, 0.25) is 0 Å². The summed E-state index contributed by atoms with van der Waals surface area (Å²) in [6, 6.07) is 7.37. The van der Waals surface area contributed by atoms with E-state index in [-0.39, 0.29) is 5.78 Å². The van der Waals surface area contributed by atoms with Crippen LogP contribution in [0.3, 0.4) is 0 Å². The number of carbonyl (C=O) groups is 1. The SMILES string of the molecule is O=C(CCC1CO1)c1ccc(OC2=CCCC=C2)cc1. The van der Waals surface area contributed by atoms with Gasteiger partial charge in [0.25, 0.3) is 0 Å². The van der Waals surface area contributed by atoms with Crippen molar-refractivity contribution in [2.45, 2.75) is 31.8 Å². The number of carbonyl (C=O) groups excluding carboxylic acids is 1. The Morgan fingerprint density at radius 1 is 1.25 bits per heavy atom. The lowest BCUT2D eigenvalue weighted by atomic mass is 10.1. The lowest BCUT2D eigenvalue weighted by molar-refractivity contribution is 0.0976. The highest BCUT2D eigenvalue weighted by Crippen LogP contribution is 2.21. The molecule has 0 bridgehead atoms. The summed E-state index contributed by atoms with van der Waals surface area (Å²) >= 11 is 0. The number of ketones is 1. The van der Waals surface area contributed by atoms with Gasteiger partial charge in [0, 0.05) is 12.0 Å². The van der Waals surface area contributed by atoms with E-state index in [1.807, 2.05) is 30.3 Å². The van der Waals surface area contributed by atoms with E-state index in [4.69, 9.17) is 9.47 Å². The fourth-order valence-corrected chi connectivity index (χ4v) is 2.18. The van der Waals surface area contributed by atoms with E-state index in [1.54, 1.807) is 0 Å². The number of benzene rings is 1. The molecule has 104 valence electrons. The summed E-state index contributed by atoms with van der Waals surface area (Å²) in [7, 11) is 0. The molecule has 1 aromatic carbocycles. The second kappa shape index (κ2) is 6.06. The van der Waals surface area contributed by atoms with E-state index in [2.05, 4.69) is 12.2 Å². The molecule has 1 atom stereocenters. The minimum atomic E-state index is 0.170. The second-order valence-corrected chi connectivity index (χ2v) is 5.13. The standard InChI is InChI=1S/C17H18O3/c18-17(11-10-16-12-19-16)13-6-8-15(9-7-13)20-14-4-2-1-3-5-14/h2,4-9,16H,1,3,10-12H2. The lowest BCUT2D eigenvalue weighted by Gasteiger charge is -2.09. The number of rotatable bonds is 6. The number of Topliss-reactive ketones (excluding diaryl/α,β-unsaturated/α-hetero) is 1. The topological polar surface area (TPSA) is 38.8 Å². The summed E-state index contributed by atoms with van der Waals surface area (Å²) < 4.78 is 10.9. The maximum atomic E-state index is 12.0. The van der Waals surface area contributed by atoms with Crippen molar-refractivity contribution in [1.29, 1.82) is 0 Å². The van der Waals surface area contributed by atoms with Crippen LogP contribution in [0.25, 0.3) is 0 Å². The molecule has 1 aromatic rings. The van der Waals surface area contributed by atoms with Crippen molar-refractivity contribution < 1.29 is 14.3 Å². The van der Waals surface area contributed by atoms with Crippen LogP contribution in [-0.2, 0) is 4.74 Å². The van der Waals surface area contributed by atoms with Gasteiger partial charge >= 0.3 is 0 Å². The Balaban J connectivity index is 1.57. The monoisotopic (exact) mass is 270 g/mol. The van der Waals surface area contributed by atoms with Crippen LogP contribution in [0.15, 0.2) is 48.3 Å². The number of epoxide rings is 1. The maximum Gasteiger partial charge on any atom is 0.162 e. The van der Waals surface area contributed by atoms with Crippen molar-refractivity contribution in [3.05, 3.63) is 53.8 Å². The Kier molecular flexibility index (Phi) is 3.97. The molecule has 3 nitrogen and oxygen atoms in total. The van der Waals surface area contributed by atoms with E-state index in [1.165, 1.54) is 0 Å². The lowest BCUT2D eigenvalue weighted by Crippen LogP contribution is -2.01. The maximum absolute atomic E-state index is 12.0. The number of ether oxygens (including phenoxy) is 2. The quantitative estimate of drug-likeness (QED) is 0.585. The summed E-state index contributed by atoms with van der Waals surface area (Å²) in [6.07, 6.45) is 9.95. The zero-order valence-corrected chi connectivity index (χ0v) is 11.4. The molecule has 1 heterocycles. The van der Waals surface area contributed by atoms with Gasteiger partial charge in [0.1, 0.15) is 11.5 Å². The molecule has 1 unspecified atom stereocenters. The molecule has 1 saturated heterocycles. The summed E-state index contributed by atoms with van der Waals surface area (Å²) in [5.74, 6) is 1.81. The zero-order chi connectivity index (χ0) is 13.8. The van der Waals surface area contributed by atoms with Gasteiger partial charge in [0.05, 0.1) is 12.7 Å². The van der Waals surface area contributed by atoms with Gasteiger partial charge < -0.3 is 9.47 Å². The number of hydrogen-bond acceptors (Lipinski definition) is 3. The Morgan fingerprint density at radius 2 is 2.05 bits per heavy atom. The first-order chi connectivity index (χ1) is 9.81. The van der Waals surface area contributed by atoms with Crippen molar-refractivity contribution in [2.75, 3.05) is 6.61 Å². The predicted octanol–water partition coefficient (Wildman–Crippen LogP) is 3.66. The van der Waals surface area contributed by atoms with Gasteiger partial charge in [-0.2, -0.15) is 0 Å². The first-order valence-electron chi connectivity index (χ1n) is 7.11. The molecular formula is C17H18O3. The van der Waals surface area contributed by atoms with Crippen LogP contribution in [0.1, 0.15) is 36.0 Å². The van der Waals surface area contributed by atoms with E-state index in [0.717, 1.165) is 42.9 Å². The molecule has 1 aliphatic heterocycles. The average Bonchev–Trinajstić information content (AvgIpc) is 3.31. The van der Waals surface area contributed by atoms with E-state index in [0.29, 0.717) is 12.5 Å². The average molecular weight is 270 g/mol. The Labute approximate surface area is 118 Å². The van der Waals surface area contributed by atoms with E-state index in [9.17, 15) is 4.79 Å². The molecule has 2 aliphatic rings. The fraction of sp³-hybridized carbons (Fsp3) is 0.353. The molecule has 20 heavy (non-hydrogen) atoms. The third-order valence-electron chi connectivity index (χ3n) is 3.47. The third kappa shape index (κ3) is 3.58. The molecule has 1 fully saturated rings. The normalized spacial score (nSPS) is 20.4. The van der Waals surface area contributed by atoms with Crippen molar-refractivity contribution in [1.82, 2.24) is 0 Å². The van der Waals surface area contributed by atoms with Crippen LogP contribution in [0, 0.1) is 0 Å². The Morgan fingerprint density at radius 3 is 2.70 bits per heavy atom. The first-order valence-corrected chi connectivity index (χ1v) is 7.11. The van der Waals surface area contributed by atoms with Gasteiger partial charge in [-0.1, -0.05) is 6.08 Å². The van der Waals surface area contributed by atoms with Gasteiger partial charge in [-0.05, 0) is 55.7 Å². The highest BCUT2D eigenvalue weighted by molar-refractivity contribution is 5.96. The number of hydrogen-bond donors (Lipinski definition) is 0.